The van der Waals surface area contributed by atoms with E-state index in [2.05, 4.69) is 15.6 Å². The lowest BCUT2D eigenvalue weighted by Crippen LogP contribution is -2.17. The maximum absolute atomic E-state index is 6.35. The van der Waals surface area contributed by atoms with Crippen LogP contribution in [0, 0.1) is 17.8 Å². The predicted molar refractivity (Wildman–Crippen MR) is 80.7 cm³/mol. The van der Waals surface area contributed by atoms with Crippen LogP contribution < -0.4 is 0 Å². The van der Waals surface area contributed by atoms with E-state index in [4.69, 9.17) is 16.6 Å². The van der Waals surface area contributed by atoms with Crippen molar-refractivity contribution in [1.82, 2.24) is 14.5 Å². The lowest BCUT2D eigenvalue weighted by Gasteiger charge is -2.19. The maximum atomic E-state index is 6.35. The summed E-state index contributed by atoms with van der Waals surface area (Å²) in [6.07, 6.45) is 9.37. The van der Waals surface area contributed by atoms with Crippen molar-refractivity contribution in [1.29, 1.82) is 0 Å². The van der Waals surface area contributed by atoms with Crippen LogP contribution in [0.3, 0.4) is 0 Å². The standard InChI is InChI=1S/C16H20ClN3/c1-10(17)16-19-14-8-18-7-6-15(14)20(16)9-13(11-2-3-11)12-4-5-12/h6-8,10-13H,2-5,9H2,1H3. The van der Waals surface area contributed by atoms with Gasteiger partial charge in [-0.2, -0.15) is 0 Å². The molecule has 2 aliphatic carbocycles. The first-order valence-corrected chi connectivity index (χ1v) is 8.12. The first kappa shape index (κ1) is 12.6. The van der Waals surface area contributed by atoms with Crippen LogP contribution in [-0.4, -0.2) is 14.5 Å². The Balaban J connectivity index is 1.74. The number of aromatic nitrogens is 3. The molecule has 2 saturated carbocycles. The van der Waals surface area contributed by atoms with Gasteiger partial charge in [-0.05, 0) is 56.4 Å². The average Bonchev–Trinajstić information content (AvgIpc) is 3.33. The summed E-state index contributed by atoms with van der Waals surface area (Å²) >= 11 is 6.35. The van der Waals surface area contributed by atoms with Crippen molar-refractivity contribution < 1.29 is 0 Å². The second-order valence-corrected chi connectivity index (χ2v) is 7.05. The van der Waals surface area contributed by atoms with Crippen molar-refractivity contribution in [2.75, 3.05) is 0 Å². The van der Waals surface area contributed by atoms with Gasteiger partial charge in [-0.1, -0.05) is 0 Å². The predicted octanol–water partition coefficient (Wildman–Crippen LogP) is 4.17. The van der Waals surface area contributed by atoms with Crippen LogP contribution in [0.15, 0.2) is 18.5 Å². The number of alkyl halides is 1. The van der Waals surface area contributed by atoms with E-state index in [0.29, 0.717) is 0 Å². The fourth-order valence-electron chi connectivity index (χ4n) is 3.44. The molecule has 3 nitrogen and oxygen atoms in total. The number of imidazole rings is 1. The fraction of sp³-hybridized carbons (Fsp3) is 0.625. The summed E-state index contributed by atoms with van der Waals surface area (Å²) in [6, 6.07) is 2.07. The molecular formula is C16H20ClN3. The Bertz CT molecular complexity index is 614. The molecule has 1 unspecified atom stereocenters. The molecule has 0 bridgehead atoms. The van der Waals surface area contributed by atoms with Crippen LogP contribution in [0.5, 0.6) is 0 Å². The molecule has 0 N–H and O–H groups in total. The van der Waals surface area contributed by atoms with Crippen LogP contribution in [0.2, 0.25) is 0 Å². The summed E-state index contributed by atoms with van der Waals surface area (Å²) < 4.78 is 2.36. The largest absolute Gasteiger partial charge is 0.326 e. The normalized spacial score (nSPS) is 20.8. The van der Waals surface area contributed by atoms with Crippen molar-refractivity contribution >= 4 is 22.6 Å². The Morgan fingerprint density at radius 3 is 2.60 bits per heavy atom. The molecule has 2 aromatic heterocycles. The van der Waals surface area contributed by atoms with Crippen molar-refractivity contribution in [3.8, 4) is 0 Å². The van der Waals surface area contributed by atoms with Gasteiger partial charge in [0, 0.05) is 12.7 Å². The molecule has 2 aliphatic rings. The van der Waals surface area contributed by atoms with E-state index in [9.17, 15) is 0 Å². The molecule has 0 amide bonds. The molecule has 1 atom stereocenters. The van der Waals surface area contributed by atoms with E-state index in [-0.39, 0.29) is 5.38 Å². The molecule has 2 aromatic rings. The second-order valence-electron chi connectivity index (χ2n) is 6.40. The highest BCUT2D eigenvalue weighted by atomic mass is 35.5. The third-order valence-electron chi connectivity index (χ3n) is 4.78. The van der Waals surface area contributed by atoms with Crippen LogP contribution in [0.25, 0.3) is 11.0 Å². The highest BCUT2D eigenvalue weighted by Gasteiger charge is 2.41. The van der Waals surface area contributed by atoms with Gasteiger partial charge in [0.05, 0.1) is 17.1 Å². The average molecular weight is 290 g/mol. The Morgan fingerprint density at radius 1 is 1.30 bits per heavy atom. The highest BCUT2D eigenvalue weighted by Crippen LogP contribution is 2.50. The molecule has 0 aliphatic heterocycles. The molecule has 2 heterocycles. The first-order valence-electron chi connectivity index (χ1n) is 7.68. The minimum Gasteiger partial charge on any atom is -0.326 e. The van der Waals surface area contributed by atoms with Gasteiger partial charge in [0.1, 0.15) is 11.3 Å². The summed E-state index contributed by atoms with van der Waals surface area (Å²) in [4.78, 5) is 8.88. The molecule has 4 heteroatoms. The van der Waals surface area contributed by atoms with Crippen LogP contribution in [0.1, 0.15) is 43.8 Å². The third kappa shape index (κ3) is 2.22. The van der Waals surface area contributed by atoms with Crippen LogP contribution >= 0.6 is 11.6 Å². The molecule has 0 spiro atoms. The van der Waals surface area contributed by atoms with E-state index < -0.39 is 0 Å². The Morgan fingerprint density at radius 2 is 2.00 bits per heavy atom. The van der Waals surface area contributed by atoms with E-state index in [1.165, 1.54) is 31.2 Å². The molecule has 0 aromatic carbocycles. The summed E-state index contributed by atoms with van der Waals surface area (Å²) in [7, 11) is 0. The first-order chi connectivity index (χ1) is 9.74. The van der Waals surface area contributed by atoms with E-state index in [0.717, 1.165) is 35.6 Å². The number of hydrogen-bond acceptors (Lipinski definition) is 2. The van der Waals surface area contributed by atoms with Crippen LogP contribution in [0.4, 0.5) is 0 Å². The van der Waals surface area contributed by atoms with Gasteiger partial charge < -0.3 is 4.57 Å². The molecule has 0 radical (unpaired) electrons. The number of rotatable bonds is 5. The second kappa shape index (κ2) is 4.73. The zero-order valence-corrected chi connectivity index (χ0v) is 12.6. The molecule has 4 rings (SSSR count). The van der Waals surface area contributed by atoms with Gasteiger partial charge >= 0.3 is 0 Å². The quantitative estimate of drug-likeness (QED) is 0.774. The number of halogens is 1. The topological polar surface area (TPSA) is 30.7 Å². The zero-order chi connectivity index (χ0) is 13.7. The summed E-state index contributed by atoms with van der Waals surface area (Å²) in [6.45, 7) is 3.10. The maximum Gasteiger partial charge on any atom is 0.127 e. The van der Waals surface area contributed by atoms with Gasteiger partial charge in [0.15, 0.2) is 0 Å². The lowest BCUT2D eigenvalue weighted by molar-refractivity contribution is 0.348. The van der Waals surface area contributed by atoms with Gasteiger partial charge in [-0.3, -0.25) is 4.98 Å². The van der Waals surface area contributed by atoms with Gasteiger partial charge in [-0.25, -0.2) is 4.98 Å². The SMILES string of the molecule is CC(Cl)c1nc2cnccc2n1CC(C1CC1)C1CC1. The Kier molecular flexibility index (Phi) is 2.99. The molecule has 20 heavy (non-hydrogen) atoms. The third-order valence-corrected chi connectivity index (χ3v) is 4.98. The molecule has 106 valence electrons. The van der Waals surface area contributed by atoms with Gasteiger partial charge in [-0.15, -0.1) is 11.6 Å². The van der Waals surface area contributed by atoms with Gasteiger partial charge in [0.25, 0.3) is 0 Å². The summed E-state index contributed by atoms with van der Waals surface area (Å²) in [5, 5.41) is -0.0542. The Hall–Kier alpha value is -1.09. The smallest absolute Gasteiger partial charge is 0.127 e. The summed E-state index contributed by atoms with van der Waals surface area (Å²) in [5.74, 6) is 3.72. The number of nitrogens with zero attached hydrogens (tertiary/aromatic N) is 3. The minimum absolute atomic E-state index is 0.0542. The molecular weight excluding hydrogens is 270 g/mol. The van der Waals surface area contributed by atoms with E-state index >= 15 is 0 Å². The lowest BCUT2D eigenvalue weighted by atomic mass is 9.97. The van der Waals surface area contributed by atoms with Crippen LogP contribution in [-0.2, 0) is 6.54 Å². The van der Waals surface area contributed by atoms with E-state index in [1.54, 1.807) is 0 Å². The Labute approximate surface area is 124 Å². The monoisotopic (exact) mass is 289 g/mol. The summed E-state index contributed by atoms with van der Waals surface area (Å²) in [5.41, 5.74) is 2.16. The van der Waals surface area contributed by atoms with E-state index in [1.807, 2.05) is 19.3 Å². The zero-order valence-electron chi connectivity index (χ0n) is 11.8. The van der Waals surface area contributed by atoms with Crippen molar-refractivity contribution in [3.05, 3.63) is 24.3 Å². The number of hydrogen-bond donors (Lipinski definition) is 0. The fourth-order valence-corrected chi connectivity index (χ4v) is 3.61. The van der Waals surface area contributed by atoms with Crippen molar-refractivity contribution in [2.45, 2.75) is 44.5 Å². The van der Waals surface area contributed by atoms with Crippen molar-refractivity contribution in [3.63, 3.8) is 0 Å². The minimum atomic E-state index is -0.0542. The van der Waals surface area contributed by atoms with Crippen molar-refractivity contribution in [2.24, 2.45) is 17.8 Å². The molecule has 0 saturated heterocycles. The number of pyridine rings is 1. The molecule has 2 fully saturated rings. The highest BCUT2D eigenvalue weighted by molar-refractivity contribution is 6.20. The van der Waals surface area contributed by atoms with Gasteiger partial charge in [0.2, 0.25) is 0 Å². The number of fused-ring (bicyclic) bond motifs is 1.